The van der Waals surface area contributed by atoms with Crippen LogP contribution in [0.1, 0.15) is 29.5 Å². The van der Waals surface area contributed by atoms with Crippen LogP contribution in [0.4, 0.5) is 5.69 Å². The molecule has 0 unspecified atom stereocenters. The fourth-order valence-electron chi connectivity index (χ4n) is 2.89. The Labute approximate surface area is 111 Å². The molecule has 1 saturated carbocycles. The molecule has 0 spiro atoms. The Hall–Kier alpha value is -1.02. The summed E-state index contributed by atoms with van der Waals surface area (Å²) in [6, 6.07) is 4.51. The first-order valence-corrected chi connectivity index (χ1v) is 6.92. The SMILES string of the molecule is CNCC1(CN(C)c2ccc(C)c(C)c2C)CC1. The molecule has 2 heteroatoms. The average molecular weight is 246 g/mol. The molecule has 0 amide bonds. The van der Waals surface area contributed by atoms with Gasteiger partial charge in [-0.3, -0.25) is 0 Å². The number of benzene rings is 1. The van der Waals surface area contributed by atoms with Gasteiger partial charge in [0, 0.05) is 31.2 Å². The van der Waals surface area contributed by atoms with Gasteiger partial charge in [0.25, 0.3) is 0 Å². The molecule has 100 valence electrons. The molecule has 2 rings (SSSR count). The molecule has 1 aromatic rings. The van der Waals surface area contributed by atoms with E-state index in [1.807, 2.05) is 0 Å². The van der Waals surface area contributed by atoms with Crippen molar-refractivity contribution in [1.82, 2.24) is 5.32 Å². The number of hydrogen-bond acceptors (Lipinski definition) is 2. The molecule has 1 N–H and O–H groups in total. The fraction of sp³-hybridized carbons (Fsp3) is 0.625. The third-order valence-electron chi connectivity index (χ3n) is 4.52. The zero-order chi connectivity index (χ0) is 13.3. The van der Waals surface area contributed by atoms with Gasteiger partial charge in [-0.25, -0.2) is 0 Å². The lowest BCUT2D eigenvalue weighted by Gasteiger charge is -2.28. The summed E-state index contributed by atoms with van der Waals surface area (Å²) >= 11 is 0. The second-order valence-corrected chi connectivity index (χ2v) is 6.04. The van der Waals surface area contributed by atoms with Crippen LogP contribution in [-0.2, 0) is 0 Å². The molecule has 0 atom stereocenters. The Kier molecular flexibility index (Phi) is 3.67. The first-order chi connectivity index (χ1) is 8.49. The lowest BCUT2D eigenvalue weighted by Crippen LogP contribution is -2.33. The van der Waals surface area contributed by atoms with E-state index in [9.17, 15) is 0 Å². The van der Waals surface area contributed by atoms with E-state index in [-0.39, 0.29) is 0 Å². The second-order valence-electron chi connectivity index (χ2n) is 6.04. The van der Waals surface area contributed by atoms with Crippen molar-refractivity contribution in [3.05, 3.63) is 28.8 Å². The van der Waals surface area contributed by atoms with Crippen molar-refractivity contribution >= 4 is 5.69 Å². The van der Waals surface area contributed by atoms with E-state index in [1.54, 1.807) is 0 Å². The van der Waals surface area contributed by atoms with Gasteiger partial charge in [-0.15, -0.1) is 0 Å². The third-order valence-corrected chi connectivity index (χ3v) is 4.52. The smallest absolute Gasteiger partial charge is 0.0396 e. The highest BCUT2D eigenvalue weighted by molar-refractivity contribution is 5.57. The van der Waals surface area contributed by atoms with Crippen LogP contribution in [0.2, 0.25) is 0 Å². The van der Waals surface area contributed by atoms with Gasteiger partial charge in [0.15, 0.2) is 0 Å². The normalized spacial score (nSPS) is 16.7. The van der Waals surface area contributed by atoms with E-state index in [4.69, 9.17) is 0 Å². The van der Waals surface area contributed by atoms with E-state index in [0.29, 0.717) is 5.41 Å². The summed E-state index contributed by atoms with van der Waals surface area (Å²) in [5, 5.41) is 3.34. The number of hydrogen-bond donors (Lipinski definition) is 1. The number of aryl methyl sites for hydroxylation is 1. The average Bonchev–Trinajstić information content (AvgIpc) is 3.06. The van der Waals surface area contributed by atoms with Gasteiger partial charge < -0.3 is 10.2 Å². The van der Waals surface area contributed by atoms with E-state index < -0.39 is 0 Å². The summed E-state index contributed by atoms with van der Waals surface area (Å²) in [7, 11) is 4.29. The summed E-state index contributed by atoms with van der Waals surface area (Å²) in [4.78, 5) is 2.44. The zero-order valence-electron chi connectivity index (χ0n) is 12.4. The van der Waals surface area contributed by atoms with Crippen molar-refractivity contribution < 1.29 is 0 Å². The van der Waals surface area contributed by atoms with E-state index in [0.717, 1.165) is 13.1 Å². The molecule has 0 bridgehead atoms. The van der Waals surface area contributed by atoms with Crippen molar-refractivity contribution in [1.29, 1.82) is 0 Å². The van der Waals surface area contributed by atoms with Gasteiger partial charge in [-0.05, 0) is 63.4 Å². The summed E-state index contributed by atoms with van der Waals surface area (Å²) in [5.74, 6) is 0. The zero-order valence-corrected chi connectivity index (χ0v) is 12.4. The highest BCUT2D eigenvalue weighted by Gasteiger charge is 2.42. The van der Waals surface area contributed by atoms with Crippen LogP contribution in [0, 0.1) is 26.2 Å². The summed E-state index contributed by atoms with van der Waals surface area (Å²) in [5.41, 5.74) is 6.16. The lowest BCUT2D eigenvalue weighted by atomic mass is 10.0. The van der Waals surface area contributed by atoms with Crippen molar-refractivity contribution in [2.45, 2.75) is 33.6 Å². The van der Waals surface area contributed by atoms with Crippen LogP contribution in [0.3, 0.4) is 0 Å². The quantitative estimate of drug-likeness (QED) is 0.859. The van der Waals surface area contributed by atoms with Crippen molar-refractivity contribution in [2.75, 3.05) is 32.1 Å². The van der Waals surface area contributed by atoms with Crippen molar-refractivity contribution in [2.24, 2.45) is 5.41 Å². The molecular weight excluding hydrogens is 220 g/mol. The third kappa shape index (κ3) is 2.54. The molecule has 0 saturated heterocycles. The number of nitrogens with zero attached hydrogens (tertiary/aromatic N) is 1. The maximum atomic E-state index is 3.34. The highest BCUT2D eigenvalue weighted by atomic mass is 15.1. The number of rotatable bonds is 5. The highest BCUT2D eigenvalue weighted by Crippen LogP contribution is 2.46. The molecule has 1 aliphatic carbocycles. The Morgan fingerprint density at radius 2 is 1.83 bits per heavy atom. The van der Waals surface area contributed by atoms with E-state index >= 15 is 0 Å². The Morgan fingerprint density at radius 1 is 1.17 bits per heavy atom. The van der Waals surface area contributed by atoms with Gasteiger partial charge in [0.2, 0.25) is 0 Å². The molecular formula is C16H26N2. The van der Waals surface area contributed by atoms with Gasteiger partial charge in [-0.2, -0.15) is 0 Å². The molecule has 1 fully saturated rings. The van der Waals surface area contributed by atoms with Crippen LogP contribution in [-0.4, -0.2) is 27.2 Å². The molecule has 0 aromatic heterocycles. The topological polar surface area (TPSA) is 15.3 Å². The molecule has 18 heavy (non-hydrogen) atoms. The van der Waals surface area contributed by atoms with Crippen LogP contribution in [0.15, 0.2) is 12.1 Å². The summed E-state index contributed by atoms with van der Waals surface area (Å²) in [6.07, 6.45) is 2.73. The van der Waals surface area contributed by atoms with E-state index in [2.05, 4.69) is 57.2 Å². The Bertz CT molecular complexity index is 433. The Balaban J connectivity index is 2.14. The van der Waals surface area contributed by atoms with Crippen LogP contribution < -0.4 is 10.2 Å². The number of anilines is 1. The molecule has 1 aliphatic rings. The summed E-state index contributed by atoms with van der Waals surface area (Å²) in [6.45, 7) is 8.96. The van der Waals surface area contributed by atoms with E-state index in [1.165, 1.54) is 35.2 Å². The van der Waals surface area contributed by atoms with Crippen LogP contribution in [0.5, 0.6) is 0 Å². The Morgan fingerprint density at radius 3 is 2.39 bits per heavy atom. The predicted octanol–water partition coefficient (Wildman–Crippen LogP) is 3.05. The van der Waals surface area contributed by atoms with Crippen LogP contribution >= 0.6 is 0 Å². The fourth-order valence-corrected chi connectivity index (χ4v) is 2.89. The minimum absolute atomic E-state index is 0.523. The first-order valence-electron chi connectivity index (χ1n) is 6.92. The molecule has 2 nitrogen and oxygen atoms in total. The van der Waals surface area contributed by atoms with Crippen molar-refractivity contribution in [3.63, 3.8) is 0 Å². The van der Waals surface area contributed by atoms with Crippen molar-refractivity contribution in [3.8, 4) is 0 Å². The maximum absolute atomic E-state index is 3.34. The van der Waals surface area contributed by atoms with Gasteiger partial charge >= 0.3 is 0 Å². The predicted molar refractivity (Wildman–Crippen MR) is 79.5 cm³/mol. The number of nitrogens with one attached hydrogen (secondary N) is 1. The maximum Gasteiger partial charge on any atom is 0.0396 e. The minimum Gasteiger partial charge on any atom is -0.374 e. The lowest BCUT2D eigenvalue weighted by molar-refractivity contribution is 0.482. The first kappa shape index (κ1) is 13.4. The minimum atomic E-state index is 0.523. The largest absolute Gasteiger partial charge is 0.374 e. The standard InChI is InChI=1S/C16H26N2/c1-12-6-7-15(14(3)13(12)2)18(5)11-16(8-9-16)10-17-4/h6-7,17H,8-11H2,1-5H3. The monoisotopic (exact) mass is 246 g/mol. The molecule has 0 aliphatic heterocycles. The van der Waals surface area contributed by atoms with Crippen LogP contribution in [0.25, 0.3) is 0 Å². The van der Waals surface area contributed by atoms with Gasteiger partial charge in [0.05, 0.1) is 0 Å². The van der Waals surface area contributed by atoms with Gasteiger partial charge in [-0.1, -0.05) is 6.07 Å². The van der Waals surface area contributed by atoms with Gasteiger partial charge in [0.1, 0.15) is 0 Å². The second kappa shape index (κ2) is 4.93. The molecule has 1 aromatic carbocycles. The molecule has 0 heterocycles. The summed E-state index contributed by atoms with van der Waals surface area (Å²) < 4.78 is 0. The molecule has 0 radical (unpaired) electrons.